The number of benzene rings is 1. The lowest BCUT2D eigenvalue weighted by Crippen LogP contribution is -2.18. The second kappa shape index (κ2) is 7.33. The molecule has 96 valence electrons. The fourth-order valence-electron chi connectivity index (χ4n) is 2.08. The van der Waals surface area contributed by atoms with Crippen LogP contribution in [0.2, 0.25) is 0 Å². The van der Waals surface area contributed by atoms with E-state index < -0.39 is 0 Å². The van der Waals surface area contributed by atoms with Gasteiger partial charge < -0.3 is 10.6 Å². The minimum Gasteiger partial charge on any atom is -0.383 e. The Hall–Kier alpha value is -1.02. The predicted molar refractivity (Wildman–Crippen MR) is 76.5 cm³/mol. The zero-order valence-corrected chi connectivity index (χ0v) is 11.6. The maximum atomic E-state index is 3.52. The average molecular weight is 234 g/mol. The van der Waals surface area contributed by atoms with E-state index in [9.17, 15) is 0 Å². The summed E-state index contributed by atoms with van der Waals surface area (Å²) < 4.78 is 0. The van der Waals surface area contributed by atoms with Crippen LogP contribution in [0.4, 0.5) is 5.69 Å². The third-order valence-corrected chi connectivity index (χ3v) is 3.06. The lowest BCUT2D eigenvalue weighted by Gasteiger charge is -2.16. The lowest BCUT2D eigenvalue weighted by atomic mass is 10.1. The molecule has 0 amide bonds. The van der Waals surface area contributed by atoms with Crippen LogP contribution >= 0.6 is 0 Å². The van der Waals surface area contributed by atoms with Crippen molar-refractivity contribution < 1.29 is 0 Å². The predicted octanol–water partition coefficient (Wildman–Crippen LogP) is 3.96. The highest BCUT2D eigenvalue weighted by molar-refractivity contribution is 5.45. The van der Waals surface area contributed by atoms with E-state index in [-0.39, 0.29) is 0 Å². The highest BCUT2D eigenvalue weighted by atomic mass is 14.9. The molecule has 0 radical (unpaired) electrons. The van der Waals surface area contributed by atoms with Crippen molar-refractivity contribution in [3.63, 3.8) is 0 Å². The minimum atomic E-state index is 0.433. The first-order chi connectivity index (χ1) is 8.17. The van der Waals surface area contributed by atoms with Gasteiger partial charge in [-0.25, -0.2) is 0 Å². The van der Waals surface area contributed by atoms with E-state index in [1.165, 1.54) is 24.1 Å². The van der Waals surface area contributed by atoms with Gasteiger partial charge in [-0.2, -0.15) is 0 Å². The van der Waals surface area contributed by atoms with Gasteiger partial charge in [0.05, 0.1) is 0 Å². The highest BCUT2D eigenvalue weighted by Gasteiger charge is 2.04. The van der Waals surface area contributed by atoms with Crippen LogP contribution in [0, 0.1) is 0 Å². The maximum Gasteiger partial charge on any atom is 0.0342 e. The number of nitrogens with one attached hydrogen (secondary N) is 2. The summed E-state index contributed by atoms with van der Waals surface area (Å²) in [6.07, 6.45) is 2.44. The summed E-state index contributed by atoms with van der Waals surface area (Å²) in [5.74, 6) is 0. The molecule has 2 heteroatoms. The zero-order valence-electron chi connectivity index (χ0n) is 11.6. The van der Waals surface area contributed by atoms with Crippen molar-refractivity contribution in [1.29, 1.82) is 0 Å². The van der Waals surface area contributed by atoms with E-state index in [4.69, 9.17) is 0 Å². The van der Waals surface area contributed by atoms with E-state index in [1.807, 2.05) is 0 Å². The highest BCUT2D eigenvalue weighted by Crippen LogP contribution is 2.17. The molecule has 1 rings (SSSR count). The molecular formula is C15H26N2. The maximum absolute atomic E-state index is 3.52. The third kappa shape index (κ3) is 4.78. The van der Waals surface area contributed by atoms with Crippen molar-refractivity contribution in [2.45, 2.75) is 52.6 Å². The molecule has 0 saturated heterocycles. The molecule has 1 aromatic carbocycles. The molecule has 2 N–H and O–H groups in total. The Morgan fingerprint density at radius 2 is 1.71 bits per heavy atom. The van der Waals surface area contributed by atoms with Gasteiger partial charge >= 0.3 is 0 Å². The number of hydrogen-bond donors (Lipinski definition) is 2. The van der Waals surface area contributed by atoms with Crippen molar-refractivity contribution in [2.75, 3.05) is 11.9 Å². The minimum absolute atomic E-state index is 0.433. The molecule has 17 heavy (non-hydrogen) atoms. The number of rotatable bonds is 7. The molecule has 0 aliphatic rings. The van der Waals surface area contributed by atoms with Gasteiger partial charge in [0.25, 0.3) is 0 Å². The Kier molecular flexibility index (Phi) is 6.06. The van der Waals surface area contributed by atoms with E-state index >= 15 is 0 Å². The molecule has 0 aliphatic carbocycles. The van der Waals surface area contributed by atoms with E-state index in [0.717, 1.165) is 6.54 Å². The van der Waals surface area contributed by atoms with Crippen molar-refractivity contribution in [2.24, 2.45) is 0 Å². The Labute approximate surface area is 106 Å². The molecule has 0 heterocycles. The molecule has 2 nitrogen and oxygen atoms in total. The van der Waals surface area contributed by atoms with Crippen LogP contribution in [-0.2, 0) is 0 Å². The second-order valence-electron chi connectivity index (χ2n) is 4.74. The monoisotopic (exact) mass is 234 g/mol. The van der Waals surface area contributed by atoms with Crippen LogP contribution < -0.4 is 10.6 Å². The molecule has 0 spiro atoms. The van der Waals surface area contributed by atoms with Gasteiger partial charge in [-0.15, -0.1) is 0 Å². The molecule has 0 fully saturated rings. The van der Waals surface area contributed by atoms with Crippen LogP contribution in [0.5, 0.6) is 0 Å². The van der Waals surface area contributed by atoms with Gasteiger partial charge in [0, 0.05) is 17.8 Å². The van der Waals surface area contributed by atoms with Gasteiger partial charge in [0.2, 0.25) is 0 Å². The Morgan fingerprint density at radius 1 is 1.06 bits per heavy atom. The van der Waals surface area contributed by atoms with Gasteiger partial charge in [0.1, 0.15) is 0 Å². The zero-order chi connectivity index (χ0) is 12.7. The first-order valence-electron chi connectivity index (χ1n) is 6.77. The summed E-state index contributed by atoms with van der Waals surface area (Å²) in [5.41, 5.74) is 2.57. The van der Waals surface area contributed by atoms with E-state index in [2.05, 4.69) is 62.6 Å². The van der Waals surface area contributed by atoms with E-state index in [1.54, 1.807) is 0 Å². The van der Waals surface area contributed by atoms with Crippen molar-refractivity contribution in [3.05, 3.63) is 29.8 Å². The van der Waals surface area contributed by atoms with Gasteiger partial charge in [0.15, 0.2) is 0 Å². The second-order valence-corrected chi connectivity index (χ2v) is 4.74. The van der Waals surface area contributed by atoms with Crippen LogP contribution in [0.15, 0.2) is 24.3 Å². The largest absolute Gasteiger partial charge is 0.383 e. The molecule has 2 atom stereocenters. The summed E-state index contributed by atoms with van der Waals surface area (Å²) >= 11 is 0. The smallest absolute Gasteiger partial charge is 0.0342 e. The Balaban J connectivity index is 2.55. The first-order valence-corrected chi connectivity index (χ1v) is 6.77. The molecule has 0 aliphatic heterocycles. The third-order valence-electron chi connectivity index (χ3n) is 3.06. The molecular weight excluding hydrogens is 208 g/mol. The summed E-state index contributed by atoms with van der Waals surface area (Å²) in [7, 11) is 0. The number of hydrogen-bond acceptors (Lipinski definition) is 2. The van der Waals surface area contributed by atoms with E-state index in [0.29, 0.717) is 12.1 Å². The summed E-state index contributed by atoms with van der Waals surface area (Å²) in [6, 6.07) is 9.74. The van der Waals surface area contributed by atoms with Gasteiger partial charge in [-0.1, -0.05) is 32.4 Å². The van der Waals surface area contributed by atoms with Crippen LogP contribution in [0.3, 0.4) is 0 Å². The van der Waals surface area contributed by atoms with Crippen LogP contribution in [0.25, 0.3) is 0 Å². The Morgan fingerprint density at radius 3 is 2.24 bits per heavy atom. The first kappa shape index (κ1) is 14.0. The standard InChI is InChI=1S/C15H26N2/c1-5-7-12(3)17-15-10-8-14(9-11-15)13(4)16-6-2/h8-13,16-17H,5-7H2,1-4H3. The number of anilines is 1. The molecule has 0 saturated carbocycles. The quantitative estimate of drug-likeness (QED) is 0.746. The molecule has 1 aromatic rings. The van der Waals surface area contributed by atoms with Crippen molar-refractivity contribution in [1.82, 2.24) is 5.32 Å². The molecule has 2 unspecified atom stereocenters. The lowest BCUT2D eigenvalue weighted by molar-refractivity contribution is 0.598. The Bertz CT molecular complexity index is 305. The van der Waals surface area contributed by atoms with Crippen LogP contribution in [-0.4, -0.2) is 12.6 Å². The normalized spacial score (nSPS) is 14.4. The average Bonchev–Trinajstić information content (AvgIpc) is 2.30. The van der Waals surface area contributed by atoms with Gasteiger partial charge in [-0.05, 0) is 44.5 Å². The topological polar surface area (TPSA) is 24.1 Å². The molecule has 0 bridgehead atoms. The summed E-state index contributed by atoms with van der Waals surface area (Å²) in [4.78, 5) is 0. The van der Waals surface area contributed by atoms with Crippen molar-refractivity contribution >= 4 is 5.69 Å². The molecule has 0 aromatic heterocycles. The fraction of sp³-hybridized carbons (Fsp3) is 0.600. The van der Waals surface area contributed by atoms with Crippen molar-refractivity contribution in [3.8, 4) is 0 Å². The summed E-state index contributed by atoms with van der Waals surface area (Å²) in [5, 5.41) is 6.94. The van der Waals surface area contributed by atoms with Gasteiger partial charge in [-0.3, -0.25) is 0 Å². The summed E-state index contributed by atoms with van der Waals surface area (Å²) in [6.45, 7) is 9.80. The van der Waals surface area contributed by atoms with Crippen LogP contribution in [0.1, 0.15) is 52.1 Å². The fourth-order valence-corrected chi connectivity index (χ4v) is 2.08. The SMILES string of the molecule is CCCC(C)Nc1ccc(C(C)NCC)cc1.